The first-order valence-corrected chi connectivity index (χ1v) is 14.1. The van der Waals surface area contributed by atoms with Gasteiger partial charge in [-0.15, -0.1) is 0 Å². The first-order valence-electron chi connectivity index (χ1n) is 12.1. The third-order valence-corrected chi connectivity index (χ3v) is 8.25. The Balaban J connectivity index is 0.00000121. The highest BCUT2D eigenvalue weighted by atomic mass is 35.5. The fourth-order valence-electron chi connectivity index (χ4n) is 4.80. The Kier molecular flexibility index (Phi) is 9.22. The second kappa shape index (κ2) is 12.0. The number of carboxylic acid groups (broad SMARTS) is 1. The van der Waals surface area contributed by atoms with Crippen molar-refractivity contribution in [2.45, 2.75) is 44.6 Å². The third kappa shape index (κ3) is 6.44. The smallest absolute Gasteiger partial charge is 0.341 e. The molecule has 0 amide bonds. The molecule has 0 atom stereocenters. The Labute approximate surface area is 222 Å². The largest absolute Gasteiger partial charge is 0.554 e. The van der Waals surface area contributed by atoms with Gasteiger partial charge < -0.3 is 25.7 Å². The number of carbonyl (C=O) groups excluding carboxylic acids is 2. The number of esters is 1. The molecule has 0 radical (unpaired) electrons. The van der Waals surface area contributed by atoms with E-state index in [4.69, 9.17) is 32.0 Å². The molecule has 9 nitrogen and oxygen atoms in total. The minimum Gasteiger partial charge on any atom is -0.554 e. The molecule has 1 aliphatic heterocycles. The molecule has 2 aromatic rings. The number of carbonyl (C=O) groups is 2. The minimum absolute atomic E-state index is 0.0242. The number of aryl methyl sites for hydroxylation is 1. The Bertz CT molecular complexity index is 1300. The van der Waals surface area contributed by atoms with Crippen LogP contribution in [0.5, 0.6) is 0 Å². The zero-order valence-corrected chi connectivity index (χ0v) is 22.5. The average Bonchev–Trinajstić information content (AvgIpc) is 3.08. The molecule has 1 fully saturated rings. The first kappa shape index (κ1) is 28.5. The quantitative estimate of drug-likeness (QED) is 0.349. The van der Waals surface area contributed by atoms with Gasteiger partial charge in [0.2, 0.25) is 10.0 Å². The fourth-order valence-corrected chi connectivity index (χ4v) is 6.20. The normalized spacial score (nSPS) is 16.7. The number of halogens is 1. The second-order valence-corrected chi connectivity index (χ2v) is 11.4. The highest BCUT2D eigenvalue weighted by Gasteiger charge is 2.47. The summed E-state index contributed by atoms with van der Waals surface area (Å²) in [6.45, 7) is 1.88. The summed E-state index contributed by atoms with van der Waals surface area (Å²) in [5, 5.41) is 10.5. The van der Waals surface area contributed by atoms with E-state index in [-0.39, 0.29) is 5.75 Å². The first-order chi connectivity index (χ1) is 17.6. The molecule has 0 saturated heterocycles. The summed E-state index contributed by atoms with van der Waals surface area (Å²) in [4.78, 5) is 21.1. The number of benzene rings is 2. The molecule has 1 spiro atoms. The van der Waals surface area contributed by atoms with Gasteiger partial charge in [0.25, 0.3) is 0 Å². The topological polar surface area (TPSA) is 155 Å². The van der Waals surface area contributed by atoms with Gasteiger partial charge in [-0.05, 0) is 73.6 Å². The van der Waals surface area contributed by atoms with Crippen LogP contribution in [0, 0.1) is 6.92 Å². The van der Waals surface area contributed by atoms with Gasteiger partial charge >= 0.3 is 5.97 Å². The Hall–Kier alpha value is -3.08. The van der Waals surface area contributed by atoms with E-state index >= 15 is 0 Å². The lowest BCUT2D eigenvalue weighted by atomic mass is 9.81. The van der Waals surface area contributed by atoms with Crippen LogP contribution >= 0.6 is 11.6 Å². The van der Waals surface area contributed by atoms with Gasteiger partial charge in [-0.25, -0.2) is 13.2 Å². The Morgan fingerprint density at radius 1 is 1.19 bits per heavy atom. The number of anilines is 1. The lowest BCUT2D eigenvalue weighted by Gasteiger charge is -2.32. The van der Waals surface area contributed by atoms with Crippen LogP contribution in [0.1, 0.15) is 43.2 Å². The van der Waals surface area contributed by atoms with Crippen LogP contribution < -0.4 is 20.9 Å². The van der Waals surface area contributed by atoms with Crippen LogP contribution in [-0.4, -0.2) is 45.8 Å². The zero-order valence-electron chi connectivity index (χ0n) is 20.9. The highest BCUT2D eigenvalue weighted by molar-refractivity contribution is 7.92. The van der Waals surface area contributed by atoms with E-state index in [9.17, 15) is 13.2 Å². The maximum atomic E-state index is 12.9. The van der Waals surface area contributed by atoms with Crippen molar-refractivity contribution in [2.24, 2.45) is 5.73 Å². The number of ether oxygens (including phenoxy) is 1. The molecule has 37 heavy (non-hydrogen) atoms. The van der Waals surface area contributed by atoms with Crippen LogP contribution in [0.4, 0.5) is 5.69 Å². The van der Waals surface area contributed by atoms with Crippen LogP contribution in [0.15, 0.2) is 42.1 Å². The standard InChI is InChI=1S/C25H30ClN3O4S.CH2O2/c1-16-13-20(17-7-6-8-18(14-17)29-34(31,32)12-11-28-2)21(26)15-19(16)22-23(27)25(33-24(22)30)9-4-3-5-10-25;2-1-3/h6-8,13-15,28-29H,3-5,9-12,27H2,1-2H3;1H,(H,2,3). The van der Waals surface area contributed by atoms with Crippen molar-refractivity contribution in [3.63, 3.8) is 0 Å². The Morgan fingerprint density at radius 2 is 1.86 bits per heavy atom. The molecule has 2 aliphatic rings. The van der Waals surface area contributed by atoms with Gasteiger partial charge in [0.15, 0.2) is 5.60 Å². The third-order valence-electron chi connectivity index (χ3n) is 6.62. The maximum Gasteiger partial charge on any atom is 0.341 e. The van der Waals surface area contributed by atoms with Gasteiger partial charge in [0.1, 0.15) is 5.75 Å². The Morgan fingerprint density at radius 3 is 2.51 bits per heavy atom. The molecule has 0 unspecified atom stereocenters. The van der Waals surface area contributed by atoms with Crippen molar-refractivity contribution in [3.05, 3.63) is 58.2 Å². The van der Waals surface area contributed by atoms with Crippen molar-refractivity contribution in [3.8, 4) is 11.1 Å². The van der Waals surface area contributed by atoms with Crippen LogP contribution in [-0.2, 0) is 24.3 Å². The number of sulfonamides is 1. The van der Waals surface area contributed by atoms with E-state index in [2.05, 4.69) is 4.72 Å². The lowest BCUT2D eigenvalue weighted by molar-refractivity contribution is -0.622. The molecule has 5 N–H and O–H groups in total. The average molecular weight is 550 g/mol. The monoisotopic (exact) mass is 549 g/mol. The van der Waals surface area contributed by atoms with Crippen molar-refractivity contribution in [2.75, 3.05) is 24.1 Å². The van der Waals surface area contributed by atoms with E-state index in [0.29, 0.717) is 34.1 Å². The highest BCUT2D eigenvalue weighted by Crippen LogP contribution is 2.45. The molecule has 4 rings (SSSR count). The van der Waals surface area contributed by atoms with Crippen molar-refractivity contribution < 1.29 is 33.2 Å². The summed E-state index contributed by atoms with van der Waals surface area (Å²) < 4.78 is 33.0. The van der Waals surface area contributed by atoms with Crippen LogP contribution in [0.2, 0.25) is 5.02 Å². The molecule has 1 aliphatic carbocycles. The zero-order chi connectivity index (χ0) is 27.2. The number of hydrogen-bond acceptors (Lipinski definition) is 7. The number of rotatable bonds is 7. The molecular formula is C26H32ClN3O6S. The van der Waals surface area contributed by atoms with E-state index in [1.165, 1.54) is 0 Å². The summed E-state index contributed by atoms with van der Waals surface area (Å²) in [5.74, 6) is -0.372. The van der Waals surface area contributed by atoms with Gasteiger partial charge in [0, 0.05) is 22.7 Å². The van der Waals surface area contributed by atoms with Crippen LogP contribution in [0.3, 0.4) is 0 Å². The predicted octanol–water partition coefficient (Wildman–Crippen LogP) is 1.55. The fraction of sp³-hybridized carbons (Fsp3) is 0.385. The predicted molar refractivity (Wildman–Crippen MR) is 141 cm³/mol. The molecule has 1 heterocycles. The number of nitrogens with two attached hydrogens (primary N) is 2. The molecule has 0 aromatic heterocycles. The van der Waals surface area contributed by atoms with Crippen molar-refractivity contribution in [1.29, 1.82) is 0 Å². The van der Waals surface area contributed by atoms with E-state index < -0.39 is 28.1 Å². The number of nitrogens with one attached hydrogen (secondary N) is 1. The number of hydrogen-bond donors (Lipinski definition) is 3. The summed E-state index contributed by atoms with van der Waals surface area (Å²) >= 11 is 6.68. The van der Waals surface area contributed by atoms with Gasteiger partial charge in [-0.1, -0.05) is 30.2 Å². The van der Waals surface area contributed by atoms with E-state index in [1.54, 1.807) is 24.3 Å². The molecular weight excluding hydrogens is 518 g/mol. The second-order valence-electron chi connectivity index (χ2n) is 9.18. The molecule has 2 aromatic carbocycles. The van der Waals surface area contributed by atoms with Crippen molar-refractivity contribution >= 4 is 45.3 Å². The minimum atomic E-state index is -3.44. The molecule has 0 bridgehead atoms. The van der Waals surface area contributed by atoms with Gasteiger partial charge in [-0.3, -0.25) is 4.72 Å². The maximum absolute atomic E-state index is 12.9. The SMILES string of the molecule is C[NH2+]CCS(=O)(=O)Nc1cccc(-c2cc(C)c(C3=C(N)C4(CCCCC4)OC3=O)cc2Cl)c1.O=C[O-]. The summed E-state index contributed by atoms with van der Waals surface area (Å²) in [5.41, 5.74) is 10.2. The number of quaternary nitrogens is 1. The van der Waals surface area contributed by atoms with Gasteiger partial charge in [0.05, 0.1) is 24.9 Å². The van der Waals surface area contributed by atoms with Crippen molar-refractivity contribution in [1.82, 2.24) is 0 Å². The summed E-state index contributed by atoms with van der Waals surface area (Å²) in [7, 11) is -1.62. The summed E-state index contributed by atoms with van der Waals surface area (Å²) in [6.07, 6.45) is 4.58. The lowest BCUT2D eigenvalue weighted by Crippen LogP contribution is -2.81. The van der Waals surface area contributed by atoms with Crippen LogP contribution in [0.25, 0.3) is 16.7 Å². The summed E-state index contributed by atoms with van der Waals surface area (Å²) in [6, 6.07) is 10.8. The molecule has 1 saturated carbocycles. The van der Waals surface area contributed by atoms with Gasteiger partial charge in [-0.2, -0.15) is 0 Å². The van der Waals surface area contributed by atoms with E-state index in [1.807, 2.05) is 31.4 Å². The molecule has 11 heteroatoms. The van der Waals surface area contributed by atoms with E-state index in [0.717, 1.165) is 48.8 Å². The molecule has 200 valence electrons.